The van der Waals surface area contributed by atoms with Gasteiger partial charge in [-0.3, -0.25) is 0 Å². The SMILES string of the molecule is NS(=O)(=O)c1ccc(OCCOc2c(Cl)cccc2Cl)cc1. The zero-order valence-corrected chi connectivity index (χ0v) is 13.7. The highest BCUT2D eigenvalue weighted by Gasteiger charge is 2.08. The summed E-state index contributed by atoms with van der Waals surface area (Å²) < 4.78 is 33.1. The molecule has 0 aliphatic carbocycles. The molecule has 0 heterocycles. The zero-order chi connectivity index (χ0) is 16.2. The second kappa shape index (κ2) is 7.19. The highest BCUT2D eigenvalue weighted by Crippen LogP contribution is 2.32. The van der Waals surface area contributed by atoms with Crippen LogP contribution in [0.1, 0.15) is 0 Å². The van der Waals surface area contributed by atoms with Gasteiger partial charge in [0.25, 0.3) is 0 Å². The van der Waals surface area contributed by atoms with Crippen LogP contribution in [0.3, 0.4) is 0 Å². The lowest BCUT2D eigenvalue weighted by molar-refractivity contribution is 0.217. The van der Waals surface area contributed by atoms with Gasteiger partial charge in [-0.25, -0.2) is 13.6 Å². The van der Waals surface area contributed by atoms with Gasteiger partial charge in [-0.05, 0) is 36.4 Å². The zero-order valence-electron chi connectivity index (χ0n) is 11.3. The Hall–Kier alpha value is -1.47. The number of halogens is 2. The van der Waals surface area contributed by atoms with E-state index in [4.69, 9.17) is 37.8 Å². The molecular formula is C14H13Cl2NO4S. The van der Waals surface area contributed by atoms with Crippen molar-refractivity contribution < 1.29 is 17.9 Å². The Kier molecular flexibility index (Phi) is 5.52. The van der Waals surface area contributed by atoms with Crippen LogP contribution in [-0.4, -0.2) is 21.6 Å². The number of para-hydroxylation sites is 1. The van der Waals surface area contributed by atoms with Gasteiger partial charge >= 0.3 is 0 Å². The standard InChI is InChI=1S/C14H13Cl2NO4S/c15-12-2-1-3-13(16)14(12)21-9-8-20-10-4-6-11(7-5-10)22(17,18)19/h1-7H,8-9H2,(H2,17,18,19). The highest BCUT2D eigenvalue weighted by atomic mass is 35.5. The molecule has 5 nitrogen and oxygen atoms in total. The second-order valence-corrected chi connectivity index (χ2v) is 6.64. The van der Waals surface area contributed by atoms with E-state index in [9.17, 15) is 8.42 Å². The van der Waals surface area contributed by atoms with Crippen molar-refractivity contribution >= 4 is 33.2 Å². The first-order valence-corrected chi connectivity index (χ1v) is 8.50. The molecule has 8 heteroatoms. The van der Waals surface area contributed by atoms with Crippen molar-refractivity contribution in [2.45, 2.75) is 4.90 Å². The third-order valence-electron chi connectivity index (χ3n) is 2.67. The van der Waals surface area contributed by atoms with Crippen molar-refractivity contribution in [3.8, 4) is 11.5 Å². The van der Waals surface area contributed by atoms with Crippen LogP contribution in [0.25, 0.3) is 0 Å². The number of ether oxygens (including phenoxy) is 2. The molecule has 0 aliphatic rings. The number of sulfonamides is 1. The van der Waals surface area contributed by atoms with Crippen LogP contribution in [0.4, 0.5) is 0 Å². The third-order valence-corrected chi connectivity index (χ3v) is 4.19. The third kappa shape index (κ3) is 4.51. The summed E-state index contributed by atoms with van der Waals surface area (Å²) in [6, 6.07) is 10.9. The molecule has 0 unspecified atom stereocenters. The molecule has 118 valence electrons. The van der Waals surface area contributed by atoms with Crippen LogP contribution < -0.4 is 14.6 Å². The summed E-state index contributed by atoms with van der Waals surface area (Å²) in [5.74, 6) is 0.903. The van der Waals surface area contributed by atoms with Crippen LogP contribution in [0.2, 0.25) is 10.0 Å². The molecular weight excluding hydrogens is 349 g/mol. The summed E-state index contributed by atoms with van der Waals surface area (Å²) in [5.41, 5.74) is 0. The summed E-state index contributed by atoms with van der Waals surface area (Å²) in [6.07, 6.45) is 0. The minimum atomic E-state index is -3.70. The summed E-state index contributed by atoms with van der Waals surface area (Å²) in [4.78, 5) is 0.0268. The smallest absolute Gasteiger partial charge is 0.238 e. The topological polar surface area (TPSA) is 78.6 Å². The fraction of sp³-hybridized carbons (Fsp3) is 0.143. The molecule has 0 aromatic heterocycles. The number of nitrogens with two attached hydrogens (primary N) is 1. The molecule has 0 bridgehead atoms. The Morgan fingerprint density at radius 2 is 1.45 bits per heavy atom. The van der Waals surface area contributed by atoms with Gasteiger partial charge in [-0.15, -0.1) is 0 Å². The van der Waals surface area contributed by atoms with E-state index in [0.717, 1.165) is 0 Å². The average Bonchev–Trinajstić information content (AvgIpc) is 2.45. The van der Waals surface area contributed by atoms with Crippen molar-refractivity contribution in [2.24, 2.45) is 5.14 Å². The van der Waals surface area contributed by atoms with Crippen LogP contribution in [0.5, 0.6) is 11.5 Å². The number of benzene rings is 2. The molecule has 0 aliphatic heterocycles. The quantitative estimate of drug-likeness (QED) is 0.801. The Morgan fingerprint density at radius 3 is 2.00 bits per heavy atom. The highest BCUT2D eigenvalue weighted by molar-refractivity contribution is 7.89. The number of hydrogen-bond acceptors (Lipinski definition) is 4. The van der Waals surface area contributed by atoms with Gasteiger partial charge in [-0.1, -0.05) is 29.3 Å². The summed E-state index contributed by atoms with van der Waals surface area (Å²) in [6.45, 7) is 0.483. The summed E-state index contributed by atoms with van der Waals surface area (Å²) >= 11 is 11.9. The summed E-state index contributed by atoms with van der Waals surface area (Å²) in [5, 5.41) is 5.85. The predicted molar refractivity (Wildman–Crippen MR) is 85.3 cm³/mol. The molecule has 0 atom stereocenters. The number of hydrogen-bond donors (Lipinski definition) is 1. The van der Waals surface area contributed by atoms with E-state index < -0.39 is 10.0 Å². The Balaban J connectivity index is 1.87. The molecule has 2 aromatic carbocycles. The molecule has 0 saturated heterocycles. The molecule has 2 N–H and O–H groups in total. The summed E-state index contributed by atoms with van der Waals surface area (Å²) in [7, 11) is -3.70. The van der Waals surface area contributed by atoms with Crippen LogP contribution in [0.15, 0.2) is 47.4 Å². The van der Waals surface area contributed by atoms with Gasteiger partial charge in [0.2, 0.25) is 10.0 Å². The molecule has 0 saturated carbocycles. The molecule has 2 rings (SSSR count). The normalized spacial score (nSPS) is 11.2. The van der Waals surface area contributed by atoms with Crippen molar-refractivity contribution in [3.05, 3.63) is 52.5 Å². The maximum atomic E-state index is 11.1. The maximum absolute atomic E-state index is 11.1. The number of primary sulfonamides is 1. The van der Waals surface area contributed by atoms with E-state index in [1.807, 2.05) is 0 Å². The lowest BCUT2D eigenvalue weighted by Gasteiger charge is -2.11. The fourth-order valence-electron chi connectivity index (χ4n) is 1.65. The molecule has 0 radical (unpaired) electrons. The van der Waals surface area contributed by atoms with E-state index in [-0.39, 0.29) is 18.1 Å². The van der Waals surface area contributed by atoms with Crippen molar-refractivity contribution in [1.29, 1.82) is 0 Å². The van der Waals surface area contributed by atoms with Crippen molar-refractivity contribution in [2.75, 3.05) is 13.2 Å². The maximum Gasteiger partial charge on any atom is 0.238 e. The average molecular weight is 362 g/mol. The minimum absolute atomic E-state index is 0.0268. The Bertz CT molecular complexity index is 728. The minimum Gasteiger partial charge on any atom is -0.490 e. The van der Waals surface area contributed by atoms with Gasteiger partial charge in [0.05, 0.1) is 14.9 Å². The fourth-order valence-corrected chi connectivity index (χ4v) is 2.67. The van der Waals surface area contributed by atoms with Crippen LogP contribution in [0, 0.1) is 0 Å². The first-order valence-electron chi connectivity index (χ1n) is 6.20. The van der Waals surface area contributed by atoms with E-state index in [0.29, 0.717) is 21.5 Å². The van der Waals surface area contributed by atoms with Crippen molar-refractivity contribution in [3.63, 3.8) is 0 Å². The van der Waals surface area contributed by atoms with Gasteiger partial charge in [0, 0.05) is 0 Å². The van der Waals surface area contributed by atoms with Crippen LogP contribution in [-0.2, 0) is 10.0 Å². The Morgan fingerprint density at radius 1 is 0.909 bits per heavy atom. The van der Waals surface area contributed by atoms with Gasteiger partial charge in [-0.2, -0.15) is 0 Å². The molecule has 0 spiro atoms. The predicted octanol–water partition coefficient (Wildman–Crippen LogP) is 3.10. The van der Waals surface area contributed by atoms with Gasteiger partial charge in [0.1, 0.15) is 19.0 Å². The lowest BCUT2D eigenvalue weighted by atomic mass is 10.3. The molecule has 0 amide bonds. The largest absolute Gasteiger partial charge is 0.490 e. The second-order valence-electron chi connectivity index (χ2n) is 4.26. The van der Waals surface area contributed by atoms with Crippen LogP contribution >= 0.6 is 23.2 Å². The number of rotatable bonds is 6. The molecule has 2 aromatic rings. The monoisotopic (exact) mass is 361 g/mol. The first-order chi connectivity index (χ1) is 10.4. The van der Waals surface area contributed by atoms with Gasteiger partial charge in [0.15, 0.2) is 5.75 Å². The van der Waals surface area contributed by atoms with E-state index in [1.54, 1.807) is 18.2 Å². The van der Waals surface area contributed by atoms with Crippen molar-refractivity contribution in [1.82, 2.24) is 0 Å². The van der Waals surface area contributed by atoms with E-state index in [2.05, 4.69) is 0 Å². The van der Waals surface area contributed by atoms with E-state index >= 15 is 0 Å². The molecule has 22 heavy (non-hydrogen) atoms. The first kappa shape index (κ1) is 16.9. The Labute approximate surface area is 138 Å². The molecule has 0 fully saturated rings. The van der Waals surface area contributed by atoms with E-state index in [1.165, 1.54) is 24.3 Å². The lowest BCUT2D eigenvalue weighted by Crippen LogP contribution is -2.12. The van der Waals surface area contributed by atoms with Gasteiger partial charge < -0.3 is 9.47 Å².